The molecular formula is C49H98NO8P. The van der Waals surface area contributed by atoms with Crippen molar-refractivity contribution in [3.05, 3.63) is 0 Å². The molecule has 0 heterocycles. The van der Waals surface area contributed by atoms with E-state index in [1.54, 1.807) is 0 Å². The zero-order chi connectivity index (χ0) is 43.6. The maximum Gasteiger partial charge on any atom is 0.306 e. The lowest BCUT2D eigenvalue weighted by atomic mass is 10.0. The van der Waals surface area contributed by atoms with E-state index < -0.39 is 32.5 Å². The highest BCUT2D eigenvalue weighted by Gasteiger charge is 2.21. The van der Waals surface area contributed by atoms with Crippen molar-refractivity contribution in [3.8, 4) is 0 Å². The highest BCUT2D eigenvalue weighted by molar-refractivity contribution is 7.45. The molecular weight excluding hydrogens is 762 g/mol. The Hall–Kier alpha value is -0.990. The Morgan fingerprint density at radius 3 is 1.08 bits per heavy atom. The summed E-state index contributed by atoms with van der Waals surface area (Å²) >= 11 is 0. The van der Waals surface area contributed by atoms with Gasteiger partial charge in [0.05, 0.1) is 27.7 Å². The summed E-state index contributed by atoms with van der Waals surface area (Å²) in [5, 5.41) is 0. The number of hydrogen-bond donors (Lipinski definition) is 0. The number of hydrogen-bond acceptors (Lipinski definition) is 8. The lowest BCUT2D eigenvalue weighted by molar-refractivity contribution is -0.870. The summed E-state index contributed by atoms with van der Waals surface area (Å²) in [6.45, 7) is 4.17. The van der Waals surface area contributed by atoms with Crippen LogP contribution in [0.25, 0.3) is 0 Å². The first kappa shape index (κ1) is 58.0. The second-order valence-electron chi connectivity index (χ2n) is 18.6. The molecule has 352 valence electrons. The normalized spacial score (nSPS) is 13.4. The number of carbonyl (C=O) groups is 2. The summed E-state index contributed by atoms with van der Waals surface area (Å²) in [5.41, 5.74) is 0. The summed E-state index contributed by atoms with van der Waals surface area (Å²) < 4.78 is 33.7. The lowest BCUT2D eigenvalue weighted by Crippen LogP contribution is -2.37. The van der Waals surface area contributed by atoms with E-state index in [0.29, 0.717) is 17.4 Å². The molecule has 59 heavy (non-hydrogen) atoms. The number of unbranched alkanes of at least 4 members (excludes halogenated alkanes) is 33. The van der Waals surface area contributed by atoms with E-state index in [1.165, 1.54) is 173 Å². The summed E-state index contributed by atoms with van der Waals surface area (Å²) in [6, 6.07) is 0. The number of phosphoric acid groups is 1. The third kappa shape index (κ3) is 46.3. The molecule has 2 atom stereocenters. The van der Waals surface area contributed by atoms with Crippen molar-refractivity contribution in [2.24, 2.45) is 0 Å². The molecule has 0 N–H and O–H groups in total. The monoisotopic (exact) mass is 860 g/mol. The molecule has 0 fully saturated rings. The van der Waals surface area contributed by atoms with Crippen LogP contribution >= 0.6 is 7.82 Å². The van der Waals surface area contributed by atoms with Crippen molar-refractivity contribution in [2.45, 2.75) is 258 Å². The molecule has 9 nitrogen and oxygen atoms in total. The first-order chi connectivity index (χ1) is 28.5. The molecule has 0 aliphatic rings. The molecule has 0 radical (unpaired) electrons. The molecule has 0 saturated carbocycles. The zero-order valence-corrected chi connectivity index (χ0v) is 40.6. The summed E-state index contributed by atoms with van der Waals surface area (Å²) in [7, 11) is 1.18. The van der Waals surface area contributed by atoms with Crippen molar-refractivity contribution in [3.63, 3.8) is 0 Å². The summed E-state index contributed by atoms with van der Waals surface area (Å²) in [5.74, 6) is -0.834. The van der Waals surface area contributed by atoms with E-state index in [0.717, 1.165) is 44.9 Å². The van der Waals surface area contributed by atoms with Crippen molar-refractivity contribution in [1.29, 1.82) is 0 Å². The smallest absolute Gasteiger partial charge is 0.306 e. The van der Waals surface area contributed by atoms with Crippen LogP contribution < -0.4 is 4.89 Å². The van der Waals surface area contributed by atoms with Crippen LogP contribution in [0.4, 0.5) is 0 Å². The second kappa shape index (κ2) is 42.3. The molecule has 0 aromatic carbocycles. The van der Waals surface area contributed by atoms with E-state index in [2.05, 4.69) is 13.8 Å². The van der Waals surface area contributed by atoms with Gasteiger partial charge in [0, 0.05) is 12.8 Å². The molecule has 0 aromatic rings. The number of ether oxygens (including phenoxy) is 2. The Balaban J connectivity index is 3.84. The van der Waals surface area contributed by atoms with Gasteiger partial charge < -0.3 is 27.9 Å². The number of carbonyl (C=O) groups excluding carboxylic acids is 2. The number of rotatable bonds is 47. The Morgan fingerprint density at radius 1 is 0.458 bits per heavy atom. The van der Waals surface area contributed by atoms with Gasteiger partial charge in [-0.05, 0) is 12.8 Å². The van der Waals surface area contributed by atoms with Gasteiger partial charge in [0.15, 0.2) is 6.10 Å². The fourth-order valence-electron chi connectivity index (χ4n) is 7.42. The van der Waals surface area contributed by atoms with Crippen molar-refractivity contribution in [2.75, 3.05) is 47.5 Å². The van der Waals surface area contributed by atoms with Gasteiger partial charge in [-0.2, -0.15) is 0 Å². The lowest BCUT2D eigenvalue weighted by Gasteiger charge is -2.28. The van der Waals surface area contributed by atoms with Gasteiger partial charge in [-0.25, -0.2) is 0 Å². The molecule has 0 aromatic heterocycles. The van der Waals surface area contributed by atoms with Gasteiger partial charge in [0.1, 0.15) is 19.8 Å². The first-order valence-corrected chi connectivity index (χ1v) is 26.7. The van der Waals surface area contributed by atoms with E-state index in [-0.39, 0.29) is 26.1 Å². The van der Waals surface area contributed by atoms with Gasteiger partial charge in [0.2, 0.25) is 0 Å². The van der Waals surface area contributed by atoms with Crippen molar-refractivity contribution < 1.29 is 42.1 Å². The van der Waals surface area contributed by atoms with Crippen LogP contribution in [0.15, 0.2) is 0 Å². The molecule has 0 rings (SSSR count). The Morgan fingerprint density at radius 2 is 0.763 bits per heavy atom. The summed E-state index contributed by atoms with van der Waals surface area (Å²) in [4.78, 5) is 37.2. The minimum absolute atomic E-state index is 0.0264. The van der Waals surface area contributed by atoms with Crippen LogP contribution in [0.3, 0.4) is 0 Å². The van der Waals surface area contributed by atoms with Gasteiger partial charge >= 0.3 is 11.9 Å². The van der Waals surface area contributed by atoms with E-state index >= 15 is 0 Å². The molecule has 10 heteroatoms. The fourth-order valence-corrected chi connectivity index (χ4v) is 8.15. The number of nitrogens with zero attached hydrogens (tertiary/aromatic N) is 1. The minimum Gasteiger partial charge on any atom is -0.756 e. The number of likely N-dealkylation sites (N-methyl/N-ethyl adjacent to an activating group) is 1. The highest BCUT2D eigenvalue weighted by Crippen LogP contribution is 2.38. The van der Waals surface area contributed by atoms with Crippen LogP contribution in [0.1, 0.15) is 251 Å². The molecule has 0 bridgehead atoms. The van der Waals surface area contributed by atoms with E-state index in [1.807, 2.05) is 21.1 Å². The standard InChI is InChI=1S/C49H98NO8P/c1-6-8-10-12-13-14-15-16-17-18-19-20-21-22-23-24-25-26-27-28-29-30-31-32-33-34-35-36-38-40-42-49(52)58-47(45-55-48(51)41-39-37-11-9-7-2)46-57-59(53,54)56-44-43-50(3,4)5/h47H,6-46H2,1-5H3. The van der Waals surface area contributed by atoms with E-state index in [9.17, 15) is 19.0 Å². The largest absolute Gasteiger partial charge is 0.756 e. The topological polar surface area (TPSA) is 111 Å². The maximum absolute atomic E-state index is 12.6. The quantitative estimate of drug-likeness (QED) is 0.0257. The third-order valence-electron chi connectivity index (χ3n) is 11.4. The third-order valence-corrected chi connectivity index (χ3v) is 12.3. The molecule has 0 aliphatic carbocycles. The van der Waals surface area contributed by atoms with Gasteiger partial charge in [-0.15, -0.1) is 0 Å². The minimum atomic E-state index is -4.61. The fraction of sp³-hybridized carbons (Fsp3) is 0.959. The Bertz CT molecular complexity index is 974. The average molecular weight is 860 g/mol. The number of quaternary nitrogens is 1. The Labute approximate surface area is 365 Å². The van der Waals surface area contributed by atoms with Gasteiger partial charge in [0.25, 0.3) is 7.82 Å². The zero-order valence-electron chi connectivity index (χ0n) is 39.7. The van der Waals surface area contributed by atoms with Crippen molar-refractivity contribution >= 4 is 19.8 Å². The first-order valence-electron chi connectivity index (χ1n) is 25.2. The average Bonchev–Trinajstić information content (AvgIpc) is 3.19. The summed E-state index contributed by atoms with van der Waals surface area (Å²) in [6.07, 6.45) is 45.0. The predicted molar refractivity (Wildman–Crippen MR) is 245 cm³/mol. The van der Waals surface area contributed by atoms with Crippen LogP contribution in [-0.4, -0.2) is 70.0 Å². The van der Waals surface area contributed by atoms with E-state index in [4.69, 9.17) is 18.5 Å². The molecule has 0 saturated heterocycles. The van der Waals surface area contributed by atoms with Crippen molar-refractivity contribution in [1.82, 2.24) is 0 Å². The molecule has 0 aliphatic heterocycles. The van der Waals surface area contributed by atoms with Crippen LogP contribution in [0.2, 0.25) is 0 Å². The SMILES string of the molecule is CCCCCCCCCCCCCCCCCCCCCCCCCCCCCCCCC(=O)OC(COC(=O)CCCCCCC)COP(=O)([O-])OCC[N+](C)(C)C. The molecule has 0 amide bonds. The van der Waals surface area contributed by atoms with Gasteiger partial charge in [-0.3, -0.25) is 14.2 Å². The van der Waals surface area contributed by atoms with Crippen LogP contribution in [0.5, 0.6) is 0 Å². The van der Waals surface area contributed by atoms with Crippen LogP contribution in [-0.2, 0) is 32.7 Å². The molecule has 2 unspecified atom stereocenters. The number of phosphoric ester groups is 1. The van der Waals surface area contributed by atoms with Gasteiger partial charge in [-0.1, -0.05) is 226 Å². The predicted octanol–water partition coefficient (Wildman–Crippen LogP) is 14.1. The molecule has 0 spiro atoms. The Kier molecular flexibility index (Phi) is 41.6. The number of esters is 2. The highest BCUT2D eigenvalue weighted by atomic mass is 31.2. The second-order valence-corrected chi connectivity index (χ2v) is 20.0. The van der Waals surface area contributed by atoms with Crippen LogP contribution in [0, 0.1) is 0 Å². The maximum atomic E-state index is 12.6.